The van der Waals surface area contributed by atoms with Crippen molar-refractivity contribution in [1.82, 2.24) is 9.80 Å². The van der Waals surface area contributed by atoms with Crippen molar-refractivity contribution in [1.29, 1.82) is 0 Å². The first-order chi connectivity index (χ1) is 9.28. The molecule has 1 rings (SSSR count). The summed E-state index contributed by atoms with van der Waals surface area (Å²) >= 11 is 0. The quantitative estimate of drug-likeness (QED) is 0.836. The van der Waals surface area contributed by atoms with E-state index in [0.29, 0.717) is 32.7 Å². The number of rotatable bonds is 3. The predicted octanol–water partition coefficient (Wildman–Crippen LogP) is 0.908. The largest absolute Gasteiger partial charge is 0.453 e. The third-order valence-corrected chi connectivity index (χ3v) is 3.52. The van der Waals surface area contributed by atoms with Gasteiger partial charge in [0.05, 0.1) is 13.0 Å². The van der Waals surface area contributed by atoms with Crippen molar-refractivity contribution in [2.45, 2.75) is 27.2 Å². The summed E-state index contributed by atoms with van der Waals surface area (Å²) in [6.45, 7) is 8.83. The van der Waals surface area contributed by atoms with Gasteiger partial charge in [-0.15, -0.1) is 0 Å². The van der Waals surface area contributed by atoms with Crippen molar-refractivity contribution in [3.05, 3.63) is 0 Å². The van der Waals surface area contributed by atoms with Gasteiger partial charge in [-0.25, -0.2) is 4.79 Å². The average Bonchev–Trinajstić information content (AvgIpc) is 2.42. The molecular formula is C14H27N3O3. The Morgan fingerprint density at radius 2 is 1.65 bits per heavy atom. The predicted molar refractivity (Wildman–Crippen MR) is 77.2 cm³/mol. The Balaban J connectivity index is 2.55. The fourth-order valence-corrected chi connectivity index (χ4v) is 2.51. The van der Waals surface area contributed by atoms with E-state index in [2.05, 4.69) is 25.5 Å². The minimum absolute atomic E-state index is 0.0769. The summed E-state index contributed by atoms with van der Waals surface area (Å²) in [7, 11) is 1.37. The summed E-state index contributed by atoms with van der Waals surface area (Å²) in [6, 6.07) is 0. The molecule has 2 N–H and O–H groups in total. The van der Waals surface area contributed by atoms with Gasteiger partial charge in [-0.1, -0.05) is 20.8 Å². The molecule has 0 bridgehead atoms. The van der Waals surface area contributed by atoms with Crippen molar-refractivity contribution < 1.29 is 14.3 Å². The number of nitrogens with two attached hydrogens (primary N) is 1. The molecule has 1 aliphatic rings. The molecule has 0 aromatic carbocycles. The summed E-state index contributed by atoms with van der Waals surface area (Å²) in [5.74, 6) is -0.0355. The van der Waals surface area contributed by atoms with Crippen LogP contribution in [0.25, 0.3) is 0 Å². The highest BCUT2D eigenvalue weighted by molar-refractivity contribution is 5.79. The van der Waals surface area contributed by atoms with Crippen LogP contribution in [0.2, 0.25) is 0 Å². The first kappa shape index (κ1) is 16.8. The van der Waals surface area contributed by atoms with Gasteiger partial charge >= 0.3 is 6.09 Å². The van der Waals surface area contributed by atoms with Crippen molar-refractivity contribution in [3.63, 3.8) is 0 Å². The summed E-state index contributed by atoms with van der Waals surface area (Å²) < 4.78 is 4.68. The van der Waals surface area contributed by atoms with Crippen molar-refractivity contribution in [2.75, 3.05) is 39.8 Å². The Kier molecular flexibility index (Phi) is 5.80. The number of carbonyl (C=O) groups is 2. The van der Waals surface area contributed by atoms with Crippen LogP contribution >= 0.6 is 0 Å². The number of hydrogen-bond acceptors (Lipinski definition) is 4. The Bertz CT molecular complexity index is 344. The molecule has 1 aliphatic heterocycles. The van der Waals surface area contributed by atoms with Crippen molar-refractivity contribution >= 4 is 12.0 Å². The van der Waals surface area contributed by atoms with E-state index < -0.39 is 0 Å². The molecule has 1 saturated heterocycles. The number of piperazine rings is 1. The van der Waals surface area contributed by atoms with E-state index in [1.165, 1.54) is 7.11 Å². The highest BCUT2D eigenvalue weighted by atomic mass is 16.5. The van der Waals surface area contributed by atoms with Gasteiger partial charge in [-0.3, -0.25) is 4.79 Å². The first-order valence-electron chi connectivity index (χ1n) is 7.10. The van der Waals surface area contributed by atoms with Crippen molar-refractivity contribution in [3.8, 4) is 0 Å². The maximum Gasteiger partial charge on any atom is 0.409 e. The number of hydrogen-bond donors (Lipinski definition) is 1. The molecule has 0 spiro atoms. The second-order valence-corrected chi connectivity index (χ2v) is 6.48. The van der Waals surface area contributed by atoms with Gasteiger partial charge in [0.25, 0.3) is 0 Å². The molecule has 0 aromatic heterocycles. The van der Waals surface area contributed by atoms with Crippen LogP contribution in [0.3, 0.4) is 0 Å². The number of carbonyl (C=O) groups excluding carboxylic acids is 2. The van der Waals surface area contributed by atoms with Crippen LogP contribution in [0.15, 0.2) is 0 Å². The SMILES string of the molecule is COC(=O)N1CCN(C(=O)C(CN)CC(C)(C)C)CC1. The zero-order valence-electron chi connectivity index (χ0n) is 13.0. The third-order valence-electron chi connectivity index (χ3n) is 3.52. The van der Waals surface area contributed by atoms with Crippen LogP contribution < -0.4 is 5.73 Å². The Morgan fingerprint density at radius 3 is 2.05 bits per heavy atom. The fourth-order valence-electron chi connectivity index (χ4n) is 2.51. The highest BCUT2D eigenvalue weighted by Gasteiger charge is 2.30. The maximum atomic E-state index is 12.5. The normalized spacial score (nSPS) is 17.9. The van der Waals surface area contributed by atoms with Gasteiger partial charge in [-0.05, 0) is 11.8 Å². The van der Waals surface area contributed by atoms with E-state index in [1.807, 2.05) is 4.90 Å². The Labute approximate surface area is 121 Å². The minimum atomic E-state index is -0.331. The van der Waals surface area contributed by atoms with E-state index in [-0.39, 0.29) is 23.3 Å². The Morgan fingerprint density at radius 1 is 1.15 bits per heavy atom. The first-order valence-corrected chi connectivity index (χ1v) is 7.10. The molecule has 1 fully saturated rings. The van der Waals surface area contributed by atoms with Gasteiger partial charge in [0.15, 0.2) is 0 Å². The van der Waals surface area contributed by atoms with E-state index in [0.717, 1.165) is 6.42 Å². The van der Waals surface area contributed by atoms with Crippen LogP contribution in [0.4, 0.5) is 4.79 Å². The van der Waals surface area contributed by atoms with Crippen molar-refractivity contribution in [2.24, 2.45) is 17.1 Å². The number of methoxy groups -OCH3 is 1. The third kappa shape index (κ3) is 4.67. The second kappa shape index (κ2) is 6.92. The molecule has 1 atom stereocenters. The lowest BCUT2D eigenvalue weighted by Crippen LogP contribution is -2.52. The molecule has 116 valence electrons. The van der Waals surface area contributed by atoms with Gasteiger partial charge in [0, 0.05) is 32.7 Å². The topological polar surface area (TPSA) is 75.9 Å². The molecule has 20 heavy (non-hydrogen) atoms. The number of amides is 2. The summed E-state index contributed by atoms with van der Waals surface area (Å²) in [4.78, 5) is 27.3. The molecule has 1 unspecified atom stereocenters. The lowest BCUT2D eigenvalue weighted by Gasteiger charge is -2.36. The molecule has 0 saturated carbocycles. The van der Waals surface area contributed by atoms with Gasteiger partial charge in [0.2, 0.25) is 5.91 Å². The van der Waals surface area contributed by atoms with E-state index in [1.54, 1.807) is 4.90 Å². The molecule has 6 nitrogen and oxygen atoms in total. The van der Waals surface area contributed by atoms with Gasteiger partial charge in [0.1, 0.15) is 0 Å². The molecule has 0 aliphatic carbocycles. The smallest absolute Gasteiger partial charge is 0.409 e. The summed E-state index contributed by atoms with van der Waals surface area (Å²) in [5, 5.41) is 0. The van der Waals surface area contributed by atoms with E-state index in [9.17, 15) is 9.59 Å². The molecular weight excluding hydrogens is 258 g/mol. The van der Waals surface area contributed by atoms with Crippen LogP contribution in [0, 0.1) is 11.3 Å². The average molecular weight is 285 g/mol. The maximum absolute atomic E-state index is 12.5. The highest BCUT2D eigenvalue weighted by Crippen LogP contribution is 2.25. The molecule has 1 heterocycles. The van der Waals surface area contributed by atoms with Crippen LogP contribution in [-0.2, 0) is 9.53 Å². The van der Waals surface area contributed by atoms with Crippen LogP contribution in [0.5, 0.6) is 0 Å². The lowest BCUT2D eigenvalue weighted by atomic mass is 9.84. The molecule has 2 amide bonds. The van der Waals surface area contributed by atoms with Crippen LogP contribution in [-0.4, -0.2) is 61.6 Å². The fraction of sp³-hybridized carbons (Fsp3) is 0.857. The lowest BCUT2D eigenvalue weighted by molar-refractivity contribution is -0.137. The zero-order valence-corrected chi connectivity index (χ0v) is 13.0. The Hall–Kier alpha value is -1.30. The molecule has 0 aromatic rings. The van der Waals surface area contributed by atoms with Crippen LogP contribution in [0.1, 0.15) is 27.2 Å². The minimum Gasteiger partial charge on any atom is -0.453 e. The number of ether oxygens (including phenoxy) is 1. The summed E-state index contributed by atoms with van der Waals surface area (Å²) in [6.07, 6.45) is 0.446. The van der Waals surface area contributed by atoms with E-state index in [4.69, 9.17) is 5.73 Å². The monoisotopic (exact) mass is 285 g/mol. The molecule has 6 heteroatoms. The number of nitrogens with zero attached hydrogens (tertiary/aromatic N) is 2. The van der Waals surface area contributed by atoms with Gasteiger partial charge < -0.3 is 20.3 Å². The van der Waals surface area contributed by atoms with E-state index >= 15 is 0 Å². The van der Waals surface area contributed by atoms with Gasteiger partial charge in [-0.2, -0.15) is 0 Å². The zero-order chi connectivity index (χ0) is 15.3. The standard InChI is InChI=1S/C14H27N3O3/c1-14(2,3)9-11(10-15)12(18)16-5-7-17(8-6-16)13(19)20-4/h11H,5-10,15H2,1-4H3. The molecule has 0 radical (unpaired) electrons. The second-order valence-electron chi connectivity index (χ2n) is 6.48. The summed E-state index contributed by atoms with van der Waals surface area (Å²) in [5.41, 5.74) is 5.83.